The Morgan fingerprint density at radius 3 is 2.42 bits per heavy atom. The predicted octanol–water partition coefficient (Wildman–Crippen LogP) is 2.28. The third-order valence-electron chi connectivity index (χ3n) is 3.61. The van der Waals surface area contributed by atoms with Crippen LogP contribution in [0.1, 0.15) is 25.7 Å². The van der Waals surface area contributed by atoms with Crippen LogP contribution in [0.4, 0.5) is 13.2 Å². The summed E-state index contributed by atoms with van der Waals surface area (Å²) in [7, 11) is 1.67. The van der Waals surface area contributed by atoms with Gasteiger partial charge in [-0.1, -0.05) is 0 Å². The van der Waals surface area contributed by atoms with Gasteiger partial charge in [0.1, 0.15) is 0 Å². The van der Waals surface area contributed by atoms with Crippen LogP contribution < -0.4 is 5.32 Å². The highest BCUT2D eigenvalue weighted by Crippen LogP contribution is 2.33. The lowest BCUT2D eigenvalue weighted by Gasteiger charge is -2.32. The summed E-state index contributed by atoms with van der Waals surface area (Å²) in [6, 6.07) is 0. The number of alkyl halides is 3. The molecule has 0 saturated carbocycles. The zero-order chi connectivity index (χ0) is 14.1. The first-order chi connectivity index (χ1) is 9.04. The standard InChI is InChI=1S/C13H25F3N2O/c1-19-11-7-17-6-2-3-8-18-9-4-12(5-10-18)13(14,15)16/h12,17H,2-11H2,1H3. The summed E-state index contributed by atoms with van der Waals surface area (Å²) in [6.45, 7) is 4.60. The minimum absolute atomic E-state index is 0.260. The lowest BCUT2D eigenvalue weighted by molar-refractivity contribution is -0.185. The molecule has 3 nitrogen and oxygen atoms in total. The highest BCUT2D eigenvalue weighted by molar-refractivity contribution is 4.76. The lowest BCUT2D eigenvalue weighted by atomic mass is 9.96. The normalized spacial score (nSPS) is 18.9. The third kappa shape index (κ3) is 7.13. The Kier molecular flexibility index (Phi) is 7.71. The Morgan fingerprint density at radius 1 is 1.16 bits per heavy atom. The summed E-state index contributed by atoms with van der Waals surface area (Å²) in [5.74, 6) is -1.08. The molecule has 19 heavy (non-hydrogen) atoms. The number of likely N-dealkylation sites (tertiary alicyclic amines) is 1. The molecule has 1 aliphatic heterocycles. The summed E-state index contributed by atoms with van der Waals surface area (Å²) in [5, 5.41) is 3.26. The van der Waals surface area contributed by atoms with E-state index in [-0.39, 0.29) is 12.8 Å². The summed E-state index contributed by atoms with van der Waals surface area (Å²) in [5.41, 5.74) is 0. The van der Waals surface area contributed by atoms with E-state index in [0.29, 0.717) is 19.7 Å². The number of hydrogen-bond acceptors (Lipinski definition) is 3. The minimum atomic E-state index is -4.00. The van der Waals surface area contributed by atoms with Gasteiger partial charge in [-0.2, -0.15) is 13.2 Å². The number of nitrogens with zero attached hydrogens (tertiary/aromatic N) is 1. The summed E-state index contributed by atoms with van der Waals surface area (Å²) in [4.78, 5) is 2.15. The van der Waals surface area contributed by atoms with Crippen LogP contribution in [-0.2, 0) is 4.74 Å². The minimum Gasteiger partial charge on any atom is -0.383 e. The Labute approximate surface area is 113 Å². The molecule has 1 saturated heterocycles. The molecule has 0 aromatic heterocycles. The molecule has 0 bridgehead atoms. The average Bonchev–Trinajstić information content (AvgIpc) is 2.37. The largest absolute Gasteiger partial charge is 0.391 e. The van der Waals surface area contributed by atoms with Crippen molar-refractivity contribution in [3.63, 3.8) is 0 Å². The fourth-order valence-corrected chi connectivity index (χ4v) is 2.37. The molecule has 0 aromatic carbocycles. The van der Waals surface area contributed by atoms with E-state index >= 15 is 0 Å². The smallest absolute Gasteiger partial charge is 0.383 e. The predicted molar refractivity (Wildman–Crippen MR) is 69.2 cm³/mol. The second kappa shape index (κ2) is 8.76. The Bertz CT molecular complexity index is 228. The van der Waals surface area contributed by atoms with Gasteiger partial charge in [0.15, 0.2) is 0 Å². The maximum atomic E-state index is 12.5. The van der Waals surface area contributed by atoms with Gasteiger partial charge in [-0.25, -0.2) is 0 Å². The van der Waals surface area contributed by atoms with Gasteiger partial charge in [0, 0.05) is 13.7 Å². The van der Waals surface area contributed by atoms with Crippen LogP contribution in [0, 0.1) is 5.92 Å². The van der Waals surface area contributed by atoms with Gasteiger partial charge in [0.05, 0.1) is 12.5 Å². The number of piperidine rings is 1. The van der Waals surface area contributed by atoms with E-state index in [1.807, 2.05) is 0 Å². The van der Waals surface area contributed by atoms with Crippen LogP contribution in [0.15, 0.2) is 0 Å². The summed E-state index contributed by atoms with van der Waals surface area (Å²) < 4.78 is 42.4. The molecule has 114 valence electrons. The molecule has 0 aliphatic carbocycles. The number of methoxy groups -OCH3 is 1. The fraction of sp³-hybridized carbons (Fsp3) is 1.00. The molecule has 0 spiro atoms. The van der Waals surface area contributed by atoms with Gasteiger partial charge in [-0.15, -0.1) is 0 Å². The molecule has 1 rings (SSSR count). The van der Waals surface area contributed by atoms with Gasteiger partial charge < -0.3 is 15.0 Å². The van der Waals surface area contributed by atoms with Gasteiger partial charge in [-0.05, 0) is 51.9 Å². The van der Waals surface area contributed by atoms with Gasteiger partial charge in [0.25, 0.3) is 0 Å². The van der Waals surface area contributed by atoms with E-state index in [1.54, 1.807) is 7.11 Å². The van der Waals surface area contributed by atoms with Crippen LogP contribution in [-0.4, -0.2) is 57.5 Å². The molecule has 1 heterocycles. The zero-order valence-electron chi connectivity index (χ0n) is 11.6. The number of rotatable bonds is 8. The summed E-state index contributed by atoms with van der Waals surface area (Å²) in [6.07, 6.45) is -1.39. The van der Waals surface area contributed by atoms with E-state index in [0.717, 1.165) is 32.5 Å². The number of unbranched alkanes of at least 4 members (excludes halogenated alkanes) is 1. The molecule has 1 fully saturated rings. The van der Waals surface area contributed by atoms with Gasteiger partial charge in [-0.3, -0.25) is 0 Å². The number of nitrogens with one attached hydrogen (secondary N) is 1. The van der Waals surface area contributed by atoms with Crippen LogP contribution in [0.2, 0.25) is 0 Å². The van der Waals surface area contributed by atoms with E-state index < -0.39 is 12.1 Å². The van der Waals surface area contributed by atoms with Crippen molar-refractivity contribution in [3.05, 3.63) is 0 Å². The van der Waals surface area contributed by atoms with E-state index in [1.165, 1.54) is 0 Å². The van der Waals surface area contributed by atoms with Crippen molar-refractivity contribution in [1.82, 2.24) is 10.2 Å². The Balaban J connectivity index is 1.98. The molecule has 0 aromatic rings. The topological polar surface area (TPSA) is 24.5 Å². The maximum absolute atomic E-state index is 12.5. The zero-order valence-corrected chi connectivity index (χ0v) is 11.6. The van der Waals surface area contributed by atoms with E-state index in [9.17, 15) is 13.2 Å². The van der Waals surface area contributed by atoms with Crippen molar-refractivity contribution in [1.29, 1.82) is 0 Å². The number of ether oxygens (including phenoxy) is 1. The molecule has 1 aliphatic rings. The second-order valence-electron chi connectivity index (χ2n) is 5.11. The summed E-state index contributed by atoms with van der Waals surface area (Å²) >= 11 is 0. The van der Waals surface area contributed by atoms with Crippen LogP contribution in [0.25, 0.3) is 0 Å². The molecule has 1 N–H and O–H groups in total. The first-order valence-electron chi connectivity index (χ1n) is 7.02. The third-order valence-corrected chi connectivity index (χ3v) is 3.61. The first kappa shape index (κ1) is 16.7. The van der Waals surface area contributed by atoms with Crippen LogP contribution >= 0.6 is 0 Å². The molecule has 0 amide bonds. The number of hydrogen-bond donors (Lipinski definition) is 1. The highest BCUT2D eigenvalue weighted by Gasteiger charge is 2.40. The lowest BCUT2D eigenvalue weighted by Crippen LogP contribution is -2.39. The molecule has 0 atom stereocenters. The van der Waals surface area contributed by atoms with E-state index in [4.69, 9.17) is 4.74 Å². The first-order valence-corrected chi connectivity index (χ1v) is 7.02. The van der Waals surface area contributed by atoms with Gasteiger partial charge >= 0.3 is 6.18 Å². The van der Waals surface area contributed by atoms with Crippen molar-refractivity contribution in [2.75, 3.05) is 46.4 Å². The van der Waals surface area contributed by atoms with Crippen molar-refractivity contribution in [3.8, 4) is 0 Å². The highest BCUT2D eigenvalue weighted by atomic mass is 19.4. The second-order valence-corrected chi connectivity index (χ2v) is 5.11. The SMILES string of the molecule is COCCNCCCCN1CCC(C(F)(F)F)CC1. The molecule has 6 heteroatoms. The van der Waals surface area contributed by atoms with Crippen molar-refractivity contribution in [2.45, 2.75) is 31.9 Å². The van der Waals surface area contributed by atoms with Crippen molar-refractivity contribution >= 4 is 0 Å². The quantitative estimate of drug-likeness (QED) is 0.691. The van der Waals surface area contributed by atoms with Crippen LogP contribution in [0.3, 0.4) is 0 Å². The van der Waals surface area contributed by atoms with Gasteiger partial charge in [0.2, 0.25) is 0 Å². The Hall–Kier alpha value is -0.330. The monoisotopic (exact) mass is 282 g/mol. The molecular formula is C13H25F3N2O. The maximum Gasteiger partial charge on any atom is 0.391 e. The fourth-order valence-electron chi connectivity index (χ4n) is 2.37. The molecular weight excluding hydrogens is 257 g/mol. The number of halogens is 3. The molecule has 0 radical (unpaired) electrons. The van der Waals surface area contributed by atoms with Crippen molar-refractivity contribution < 1.29 is 17.9 Å². The molecule has 0 unspecified atom stereocenters. The van der Waals surface area contributed by atoms with Crippen LogP contribution in [0.5, 0.6) is 0 Å². The Morgan fingerprint density at radius 2 is 1.84 bits per heavy atom. The van der Waals surface area contributed by atoms with Crippen molar-refractivity contribution in [2.24, 2.45) is 5.92 Å². The average molecular weight is 282 g/mol. The van der Waals surface area contributed by atoms with E-state index in [2.05, 4.69) is 10.2 Å².